The highest BCUT2D eigenvalue weighted by atomic mass is 19.2. The van der Waals surface area contributed by atoms with Gasteiger partial charge in [-0.3, -0.25) is 4.79 Å². The number of carbonyl (C=O) groups is 1. The molecule has 12 heavy (non-hydrogen) atoms. The third kappa shape index (κ3) is 1.13. The van der Waals surface area contributed by atoms with Crippen molar-refractivity contribution >= 4 is 12.0 Å². The molecule has 0 saturated heterocycles. The highest BCUT2D eigenvalue weighted by Crippen LogP contribution is 2.19. The topological polar surface area (TPSA) is 43.1 Å². The largest absolute Gasteiger partial charge is 0.398 e. The second-order valence-electron chi connectivity index (χ2n) is 2.11. The van der Waals surface area contributed by atoms with Crippen LogP contribution in [0.2, 0.25) is 0 Å². The number of nitrogen functional groups attached to an aromatic ring is 1. The Morgan fingerprint density at radius 2 is 1.83 bits per heavy atom. The second kappa shape index (κ2) is 2.84. The van der Waals surface area contributed by atoms with E-state index < -0.39 is 28.7 Å². The van der Waals surface area contributed by atoms with Crippen molar-refractivity contribution in [3.05, 3.63) is 29.1 Å². The Kier molecular flexibility index (Phi) is 2.03. The Labute approximate surface area is 65.8 Å². The van der Waals surface area contributed by atoms with Crippen molar-refractivity contribution in [3.8, 4) is 0 Å². The lowest BCUT2D eigenvalue weighted by atomic mass is 10.2. The van der Waals surface area contributed by atoms with Crippen molar-refractivity contribution < 1.29 is 18.0 Å². The summed E-state index contributed by atoms with van der Waals surface area (Å²) in [6, 6.07) is 0.558. The van der Waals surface area contributed by atoms with E-state index in [1.807, 2.05) is 0 Å². The van der Waals surface area contributed by atoms with Crippen LogP contribution < -0.4 is 5.73 Å². The monoisotopic (exact) mass is 175 g/mol. The number of hydrogen-bond acceptors (Lipinski definition) is 2. The van der Waals surface area contributed by atoms with Gasteiger partial charge in [-0.25, -0.2) is 13.2 Å². The van der Waals surface area contributed by atoms with E-state index in [4.69, 9.17) is 5.73 Å². The molecule has 1 aromatic rings. The van der Waals surface area contributed by atoms with Crippen LogP contribution in [0.15, 0.2) is 6.07 Å². The molecule has 5 heteroatoms. The Bertz CT molecular complexity index is 338. The van der Waals surface area contributed by atoms with Crippen LogP contribution in [0.3, 0.4) is 0 Å². The summed E-state index contributed by atoms with van der Waals surface area (Å²) >= 11 is 0. The van der Waals surface area contributed by atoms with E-state index in [0.29, 0.717) is 6.07 Å². The first-order valence-corrected chi connectivity index (χ1v) is 2.96. The molecule has 2 nitrogen and oxygen atoms in total. The first-order valence-electron chi connectivity index (χ1n) is 2.96. The minimum absolute atomic E-state index is 0.0349. The van der Waals surface area contributed by atoms with Crippen molar-refractivity contribution in [2.24, 2.45) is 0 Å². The fraction of sp³-hybridized carbons (Fsp3) is 0. The number of anilines is 1. The molecule has 0 amide bonds. The molecule has 1 rings (SSSR count). The summed E-state index contributed by atoms with van der Waals surface area (Å²) in [5, 5.41) is 0. The van der Waals surface area contributed by atoms with Crippen LogP contribution in [0.5, 0.6) is 0 Å². The van der Waals surface area contributed by atoms with Gasteiger partial charge in [0.2, 0.25) is 0 Å². The van der Waals surface area contributed by atoms with E-state index in [1.54, 1.807) is 0 Å². The number of nitrogens with two attached hydrogens (primary N) is 1. The molecule has 1 aromatic carbocycles. The average molecular weight is 175 g/mol. The molecule has 0 aliphatic rings. The van der Waals surface area contributed by atoms with E-state index in [1.165, 1.54) is 0 Å². The maximum Gasteiger partial charge on any atom is 0.195 e. The van der Waals surface area contributed by atoms with E-state index in [9.17, 15) is 18.0 Å². The molecule has 0 fully saturated rings. The van der Waals surface area contributed by atoms with Gasteiger partial charge in [0.1, 0.15) is 0 Å². The normalized spacial score (nSPS) is 9.92. The first-order chi connectivity index (χ1) is 5.57. The number of carbonyl (C=O) groups excluding carboxylic acids is 1. The molecule has 64 valence electrons. The summed E-state index contributed by atoms with van der Waals surface area (Å²) < 4.78 is 37.3. The van der Waals surface area contributed by atoms with E-state index in [0.717, 1.165) is 0 Å². The van der Waals surface area contributed by atoms with Crippen LogP contribution in [0.4, 0.5) is 18.9 Å². The number of benzene rings is 1. The van der Waals surface area contributed by atoms with Gasteiger partial charge in [-0.05, 0) is 0 Å². The smallest absolute Gasteiger partial charge is 0.195 e. The fourth-order valence-electron chi connectivity index (χ4n) is 0.747. The van der Waals surface area contributed by atoms with Gasteiger partial charge in [-0.1, -0.05) is 0 Å². The number of halogens is 3. The van der Waals surface area contributed by atoms with Gasteiger partial charge in [0.15, 0.2) is 23.7 Å². The van der Waals surface area contributed by atoms with Crippen LogP contribution in [0.1, 0.15) is 10.4 Å². The van der Waals surface area contributed by atoms with Gasteiger partial charge >= 0.3 is 0 Å². The van der Waals surface area contributed by atoms with E-state index in [2.05, 4.69) is 0 Å². The van der Waals surface area contributed by atoms with Crippen molar-refractivity contribution in [2.45, 2.75) is 0 Å². The van der Waals surface area contributed by atoms with Crippen molar-refractivity contribution in [1.82, 2.24) is 0 Å². The summed E-state index contributed by atoms with van der Waals surface area (Å²) in [5.41, 5.74) is 3.95. The van der Waals surface area contributed by atoms with Gasteiger partial charge in [0.05, 0.1) is 5.56 Å². The summed E-state index contributed by atoms with van der Waals surface area (Å²) in [6.07, 6.45) is 0.0349. The Morgan fingerprint density at radius 1 is 1.25 bits per heavy atom. The zero-order valence-electron chi connectivity index (χ0n) is 5.77. The van der Waals surface area contributed by atoms with Gasteiger partial charge in [-0.2, -0.15) is 0 Å². The SMILES string of the molecule is Nc1cc(F)c(F)c(F)c1C=O. The molecule has 0 aliphatic heterocycles. The molecule has 0 radical (unpaired) electrons. The molecule has 0 spiro atoms. The molecule has 2 N–H and O–H groups in total. The maximum absolute atomic E-state index is 12.6. The lowest BCUT2D eigenvalue weighted by Gasteiger charge is -2.01. The number of hydrogen-bond donors (Lipinski definition) is 1. The average Bonchev–Trinajstić information content (AvgIpc) is 2.01. The minimum Gasteiger partial charge on any atom is -0.398 e. The van der Waals surface area contributed by atoms with Gasteiger partial charge in [0.25, 0.3) is 0 Å². The summed E-state index contributed by atoms with van der Waals surface area (Å²) in [7, 11) is 0. The van der Waals surface area contributed by atoms with Crippen molar-refractivity contribution in [3.63, 3.8) is 0 Å². The molecular weight excluding hydrogens is 171 g/mol. The van der Waals surface area contributed by atoms with Crippen LogP contribution in [-0.4, -0.2) is 6.29 Å². The predicted octanol–water partition coefficient (Wildman–Crippen LogP) is 1.50. The zero-order chi connectivity index (χ0) is 9.30. The minimum atomic E-state index is -1.69. The van der Waals surface area contributed by atoms with Gasteiger partial charge in [-0.15, -0.1) is 0 Å². The highest BCUT2D eigenvalue weighted by molar-refractivity contribution is 5.83. The molecular formula is C7H4F3NO. The van der Waals surface area contributed by atoms with Crippen LogP contribution in [-0.2, 0) is 0 Å². The molecule has 0 bridgehead atoms. The predicted molar refractivity (Wildman–Crippen MR) is 36.1 cm³/mol. The van der Waals surface area contributed by atoms with E-state index in [-0.39, 0.29) is 6.29 Å². The quantitative estimate of drug-likeness (QED) is 0.399. The fourth-order valence-corrected chi connectivity index (χ4v) is 0.747. The molecule has 0 unspecified atom stereocenters. The maximum atomic E-state index is 12.6. The Hall–Kier alpha value is -1.52. The molecule has 0 aliphatic carbocycles. The number of aldehydes is 1. The Balaban J connectivity index is 3.51. The molecule has 0 heterocycles. The number of rotatable bonds is 1. The third-order valence-corrected chi connectivity index (χ3v) is 1.35. The molecule has 0 atom stereocenters. The van der Waals surface area contributed by atoms with Crippen LogP contribution >= 0.6 is 0 Å². The van der Waals surface area contributed by atoms with Crippen molar-refractivity contribution in [2.75, 3.05) is 5.73 Å². The standard InChI is InChI=1S/C7H4F3NO/c8-4-1-5(11)3(2-12)6(9)7(4)10/h1-2H,11H2. The Morgan fingerprint density at radius 3 is 2.33 bits per heavy atom. The van der Waals surface area contributed by atoms with E-state index >= 15 is 0 Å². The van der Waals surface area contributed by atoms with Crippen molar-refractivity contribution in [1.29, 1.82) is 0 Å². The highest BCUT2D eigenvalue weighted by Gasteiger charge is 2.16. The van der Waals surface area contributed by atoms with Crippen LogP contribution in [0.25, 0.3) is 0 Å². The summed E-state index contributed by atoms with van der Waals surface area (Å²) in [5.74, 6) is -4.65. The third-order valence-electron chi connectivity index (χ3n) is 1.35. The lowest BCUT2D eigenvalue weighted by Crippen LogP contribution is -2.02. The summed E-state index contributed by atoms with van der Waals surface area (Å²) in [4.78, 5) is 10.1. The lowest BCUT2D eigenvalue weighted by molar-refractivity contribution is 0.111. The zero-order valence-corrected chi connectivity index (χ0v) is 5.77. The second-order valence-corrected chi connectivity index (χ2v) is 2.11. The summed E-state index contributed by atoms with van der Waals surface area (Å²) in [6.45, 7) is 0. The van der Waals surface area contributed by atoms with Crippen LogP contribution in [0, 0.1) is 17.5 Å². The van der Waals surface area contributed by atoms with Gasteiger partial charge in [0, 0.05) is 11.8 Å². The van der Waals surface area contributed by atoms with Gasteiger partial charge < -0.3 is 5.73 Å². The first kappa shape index (κ1) is 8.58. The molecule has 0 saturated carbocycles. The molecule has 0 aromatic heterocycles.